The Balaban J connectivity index is 2.17. The van der Waals surface area contributed by atoms with Gasteiger partial charge in [0, 0.05) is 17.0 Å². The Labute approximate surface area is 112 Å². The quantitative estimate of drug-likeness (QED) is 0.921. The van der Waals surface area contributed by atoms with E-state index in [9.17, 15) is 0 Å². The molecule has 2 aromatic rings. The van der Waals surface area contributed by atoms with Gasteiger partial charge in [-0.05, 0) is 62.6 Å². The van der Waals surface area contributed by atoms with Crippen LogP contribution in [0.25, 0.3) is 11.3 Å². The second-order valence-corrected chi connectivity index (χ2v) is 6.01. The average Bonchev–Trinajstić information content (AvgIpc) is 2.76. The maximum absolute atomic E-state index is 5.78. The Morgan fingerprint density at radius 2 is 1.89 bits per heavy atom. The first-order chi connectivity index (χ1) is 8.48. The number of nitrogens with two attached hydrogens (primary N) is 1. The Kier molecular flexibility index (Phi) is 3.68. The lowest BCUT2D eigenvalue weighted by molar-refractivity contribution is 0.131. The monoisotopic (exact) mass is 262 g/mol. The van der Waals surface area contributed by atoms with Crippen LogP contribution >= 0.6 is 11.5 Å². The highest BCUT2D eigenvalue weighted by Crippen LogP contribution is 2.25. The average molecular weight is 262 g/mol. The van der Waals surface area contributed by atoms with Gasteiger partial charge in [0.2, 0.25) is 0 Å². The molecule has 96 valence electrons. The fourth-order valence-electron chi connectivity index (χ4n) is 1.59. The number of aromatic nitrogens is 1. The normalized spacial score (nSPS) is 11.6. The molecule has 1 aromatic carbocycles. The zero-order chi connectivity index (χ0) is 13.2. The van der Waals surface area contributed by atoms with Crippen LogP contribution in [0.3, 0.4) is 0 Å². The van der Waals surface area contributed by atoms with Crippen molar-refractivity contribution >= 4 is 11.5 Å². The molecule has 2 N–H and O–H groups in total. The van der Waals surface area contributed by atoms with Crippen molar-refractivity contribution in [3.05, 3.63) is 35.2 Å². The molecule has 0 spiro atoms. The number of hydrogen-bond donors (Lipinski definition) is 1. The van der Waals surface area contributed by atoms with Crippen LogP contribution < -0.4 is 10.5 Å². The van der Waals surface area contributed by atoms with E-state index in [4.69, 9.17) is 10.5 Å². The molecule has 1 aromatic heterocycles. The van der Waals surface area contributed by atoms with Crippen LogP contribution in [-0.4, -0.2) is 9.97 Å². The number of nitrogens with zero attached hydrogens (tertiary/aromatic N) is 1. The van der Waals surface area contributed by atoms with E-state index < -0.39 is 0 Å². The van der Waals surface area contributed by atoms with Crippen molar-refractivity contribution in [2.75, 3.05) is 0 Å². The van der Waals surface area contributed by atoms with Crippen LogP contribution in [-0.2, 0) is 6.54 Å². The molecule has 0 unspecified atom stereocenters. The molecule has 0 saturated heterocycles. The molecule has 4 heteroatoms. The van der Waals surface area contributed by atoms with E-state index >= 15 is 0 Å². The van der Waals surface area contributed by atoms with E-state index in [2.05, 4.69) is 4.37 Å². The molecule has 0 amide bonds. The molecular weight excluding hydrogens is 244 g/mol. The third kappa shape index (κ3) is 3.31. The topological polar surface area (TPSA) is 48.1 Å². The summed E-state index contributed by atoms with van der Waals surface area (Å²) >= 11 is 1.45. The lowest BCUT2D eigenvalue weighted by Crippen LogP contribution is -2.22. The van der Waals surface area contributed by atoms with Crippen molar-refractivity contribution in [2.24, 2.45) is 5.73 Å². The van der Waals surface area contributed by atoms with E-state index in [0.29, 0.717) is 6.54 Å². The zero-order valence-electron chi connectivity index (χ0n) is 10.9. The van der Waals surface area contributed by atoms with Crippen molar-refractivity contribution in [1.29, 1.82) is 0 Å². The van der Waals surface area contributed by atoms with Gasteiger partial charge in [-0.15, -0.1) is 0 Å². The number of benzene rings is 1. The lowest BCUT2D eigenvalue weighted by atomic mass is 10.1. The van der Waals surface area contributed by atoms with Gasteiger partial charge >= 0.3 is 0 Å². The number of ether oxygens (including phenoxy) is 1. The standard InChI is InChI=1S/C14H18N2OS/c1-14(2,3)17-11-6-4-10(5-7-11)13-8-12(9-15)18-16-13/h4-8H,9,15H2,1-3H3. The summed E-state index contributed by atoms with van der Waals surface area (Å²) in [7, 11) is 0. The van der Waals surface area contributed by atoms with Crippen LogP contribution in [0.2, 0.25) is 0 Å². The van der Waals surface area contributed by atoms with Crippen molar-refractivity contribution < 1.29 is 4.74 Å². The summed E-state index contributed by atoms with van der Waals surface area (Å²) in [5.74, 6) is 0.875. The van der Waals surface area contributed by atoms with Crippen molar-refractivity contribution in [3.8, 4) is 17.0 Å². The van der Waals surface area contributed by atoms with Gasteiger partial charge in [0.05, 0.1) is 5.69 Å². The highest BCUT2D eigenvalue weighted by Gasteiger charge is 2.11. The van der Waals surface area contributed by atoms with E-state index in [1.807, 2.05) is 51.1 Å². The first kappa shape index (κ1) is 13.1. The first-order valence-electron chi connectivity index (χ1n) is 5.93. The Morgan fingerprint density at radius 3 is 2.39 bits per heavy atom. The maximum Gasteiger partial charge on any atom is 0.120 e. The summed E-state index contributed by atoms with van der Waals surface area (Å²) in [6.45, 7) is 6.65. The molecule has 2 rings (SSSR count). The highest BCUT2D eigenvalue weighted by molar-refractivity contribution is 7.06. The van der Waals surface area contributed by atoms with Crippen LogP contribution in [0.4, 0.5) is 0 Å². The largest absolute Gasteiger partial charge is 0.488 e. The number of hydrogen-bond acceptors (Lipinski definition) is 4. The van der Waals surface area contributed by atoms with Gasteiger partial charge in [0.15, 0.2) is 0 Å². The second-order valence-electron chi connectivity index (χ2n) is 5.12. The SMILES string of the molecule is CC(C)(C)Oc1ccc(-c2cc(CN)sn2)cc1. The molecule has 0 saturated carbocycles. The summed E-state index contributed by atoms with van der Waals surface area (Å²) in [6.07, 6.45) is 0. The maximum atomic E-state index is 5.78. The molecule has 3 nitrogen and oxygen atoms in total. The molecule has 18 heavy (non-hydrogen) atoms. The van der Waals surface area contributed by atoms with Crippen molar-refractivity contribution in [2.45, 2.75) is 32.9 Å². The fourth-order valence-corrected chi connectivity index (χ4v) is 2.21. The van der Waals surface area contributed by atoms with Crippen LogP contribution in [0, 0.1) is 0 Å². The molecule has 0 radical (unpaired) electrons. The minimum absolute atomic E-state index is 0.172. The molecular formula is C14H18N2OS. The lowest BCUT2D eigenvalue weighted by Gasteiger charge is -2.21. The van der Waals surface area contributed by atoms with Gasteiger partial charge in [0.25, 0.3) is 0 Å². The predicted octanol–water partition coefficient (Wildman–Crippen LogP) is 3.45. The van der Waals surface area contributed by atoms with Gasteiger partial charge in [-0.25, -0.2) is 0 Å². The Morgan fingerprint density at radius 1 is 1.22 bits per heavy atom. The molecule has 1 heterocycles. The smallest absolute Gasteiger partial charge is 0.120 e. The van der Waals surface area contributed by atoms with E-state index in [1.54, 1.807) is 0 Å². The molecule has 0 aliphatic carbocycles. The molecule has 0 aliphatic rings. The summed E-state index contributed by atoms with van der Waals surface area (Å²) < 4.78 is 10.2. The summed E-state index contributed by atoms with van der Waals surface area (Å²) in [4.78, 5) is 1.10. The van der Waals surface area contributed by atoms with E-state index in [0.717, 1.165) is 21.9 Å². The molecule has 0 fully saturated rings. The molecule has 0 bridgehead atoms. The van der Waals surface area contributed by atoms with Crippen LogP contribution in [0.5, 0.6) is 5.75 Å². The summed E-state index contributed by atoms with van der Waals surface area (Å²) in [5.41, 5.74) is 7.48. The second kappa shape index (κ2) is 5.08. The van der Waals surface area contributed by atoms with E-state index in [1.165, 1.54) is 11.5 Å². The minimum atomic E-state index is -0.172. The zero-order valence-corrected chi connectivity index (χ0v) is 11.8. The van der Waals surface area contributed by atoms with Gasteiger partial charge in [0.1, 0.15) is 11.4 Å². The summed E-state index contributed by atoms with van der Waals surface area (Å²) in [6, 6.07) is 10.0. The third-order valence-electron chi connectivity index (χ3n) is 2.33. The molecule has 0 atom stereocenters. The van der Waals surface area contributed by atoms with Gasteiger partial charge < -0.3 is 10.5 Å². The number of rotatable bonds is 3. The molecule has 0 aliphatic heterocycles. The van der Waals surface area contributed by atoms with E-state index in [-0.39, 0.29) is 5.60 Å². The Bertz CT molecular complexity index is 511. The predicted molar refractivity (Wildman–Crippen MR) is 75.8 cm³/mol. The van der Waals surface area contributed by atoms with Crippen LogP contribution in [0.15, 0.2) is 30.3 Å². The minimum Gasteiger partial charge on any atom is -0.488 e. The van der Waals surface area contributed by atoms with Gasteiger partial charge in [-0.1, -0.05) is 0 Å². The third-order valence-corrected chi connectivity index (χ3v) is 3.14. The summed E-state index contributed by atoms with van der Waals surface area (Å²) in [5, 5.41) is 0. The fraction of sp³-hybridized carbons (Fsp3) is 0.357. The van der Waals surface area contributed by atoms with Crippen molar-refractivity contribution in [1.82, 2.24) is 4.37 Å². The van der Waals surface area contributed by atoms with Gasteiger partial charge in [-0.3, -0.25) is 0 Å². The Hall–Kier alpha value is -1.39. The van der Waals surface area contributed by atoms with Crippen LogP contribution in [0.1, 0.15) is 25.6 Å². The van der Waals surface area contributed by atoms with Crippen molar-refractivity contribution in [3.63, 3.8) is 0 Å². The highest BCUT2D eigenvalue weighted by atomic mass is 32.1. The van der Waals surface area contributed by atoms with Gasteiger partial charge in [-0.2, -0.15) is 4.37 Å². The first-order valence-corrected chi connectivity index (χ1v) is 6.70.